The fourth-order valence-electron chi connectivity index (χ4n) is 1.71. The predicted molar refractivity (Wildman–Crippen MR) is 79.7 cm³/mol. The molecular formula is C15H23BrO2. The van der Waals surface area contributed by atoms with E-state index in [0.717, 1.165) is 18.6 Å². The van der Waals surface area contributed by atoms with Crippen LogP contribution in [0.25, 0.3) is 0 Å². The van der Waals surface area contributed by atoms with E-state index < -0.39 is 0 Å². The average molecular weight is 315 g/mol. The SMILES string of the molecule is COCCOc1ccccc1CCC(Br)C(C)C. The summed E-state index contributed by atoms with van der Waals surface area (Å²) in [5.41, 5.74) is 1.28. The van der Waals surface area contributed by atoms with Gasteiger partial charge in [-0.1, -0.05) is 48.0 Å². The molecule has 18 heavy (non-hydrogen) atoms. The highest BCUT2D eigenvalue weighted by Crippen LogP contribution is 2.24. The topological polar surface area (TPSA) is 18.5 Å². The summed E-state index contributed by atoms with van der Waals surface area (Å²) >= 11 is 3.73. The van der Waals surface area contributed by atoms with Crippen molar-refractivity contribution in [1.82, 2.24) is 0 Å². The van der Waals surface area contributed by atoms with Crippen molar-refractivity contribution >= 4 is 15.9 Å². The molecule has 2 nitrogen and oxygen atoms in total. The Hall–Kier alpha value is -0.540. The van der Waals surface area contributed by atoms with Crippen LogP contribution in [0.1, 0.15) is 25.8 Å². The fraction of sp³-hybridized carbons (Fsp3) is 0.600. The Morgan fingerprint density at radius 2 is 1.89 bits per heavy atom. The minimum Gasteiger partial charge on any atom is -0.491 e. The normalized spacial score (nSPS) is 12.7. The second-order valence-electron chi connectivity index (χ2n) is 4.75. The number of ether oxygens (including phenoxy) is 2. The number of methoxy groups -OCH3 is 1. The van der Waals surface area contributed by atoms with Gasteiger partial charge in [-0.25, -0.2) is 0 Å². The van der Waals surface area contributed by atoms with Crippen LogP contribution >= 0.6 is 15.9 Å². The lowest BCUT2D eigenvalue weighted by Crippen LogP contribution is -2.10. The van der Waals surface area contributed by atoms with Gasteiger partial charge in [0.2, 0.25) is 0 Å². The van der Waals surface area contributed by atoms with Gasteiger partial charge >= 0.3 is 0 Å². The molecule has 1 aromatic carbocycles. The third-order valence-electron chi connectivity index (χ3n) is 2.93. The molecule has 1 atom stereocenters. The van der Waals surface area contributed by atoms with Crippen molar-refractivity contribution in [1.29, 1.82) is 0 Å². The Morgan fingerprint density at radius 1 is 1.17 bits per heavy atom. The van der Waals surface area contributed by atoms with Crippen LogP contribution in [-0.2, 0) is 11.2 Å². The third-order valence-corrected chi connectivity index (χ3v) is 4.45. The second-order valence-corrected chi connectivity index (χ2v) is 5.92. The van der Waals surface area contributed by atoms with Gasteiger partial charge < -0.3 is 9.47 Å². The lowest BCUT2D eigenvalue weighted by atomic mass is 10.0. The Bertz CT molecular complexity index is 339. The fourth-order valence-corrected chi connectivity index (χ4v) is 1.94. The highest BCUT2D eigenvalue weighted by molar-refractivity contribution is 9.09. The zero-order valence-corrected chi connectivity index (χ0v) is 13.1. The minimum atomic E-state index is 0.560. The quantitative estimate of drug-likeness (QED) is 0.532. The number of alkyl halides is 1. The van der Waals surface area contributed by atoms with E-state index in [1.54, 1.807) is 7.11 Å². The smallest absolute Gasteiger partial charge is 0.122 e. The number of halogens is 1. The molecular weight excluding hydrogens is 292 g/mol. The van der Waals surface area contributed by atoms with Crippen LogP contribution in [0.15, 0.2) is 24.3 Å². The summed E-state index contributed by atoms with van der Waals surface area (Å²) in [7, 11) is 1.69. The molecule has 1 aromatic rings. The summed E-state index contributed by atoms with van der Waals surface area (Å²) in [5, 5.41) is 0. The molecule has 1 unspecified atom stereocenters. The Balaban J connectivity index is 2.53. The standard InChI is InChI=1S/C15H23BrO2/c1-12(2)14(16)9-8-13-6-4-5-7-15(13)18-11-10-17-3/h4-7,12,14H,8-11H2,1-3H3. The van der Waals surface area contributed by atoms with Gasteiger partial charge in [-0.3, -0.25) is 0 Å². The van der Waals surface area contributed by atoms with Gasteiger partial charge in [0.25, 0.3) is 0 Å². The van der Waals surface area contributed by atoms with Crippen LogP contribution in [0.5, 0.6) is 5.75 Å². The molecule has 0 aromatic heterocycles. The number of rotatable bonds is 8. The third kappa shape index (κ3) is 5.40. The van der Waals surface area contributed by atoms with Crippen molar-refractivity contribution in [2.45, 2.75) is 31.5 Å². The van der Waals surface area contributed by atoms with E-state index in [4.69, 9.17) is 9.47 Å². The van der Waals surface area contributed by atoms with Gasteiger partial charge in [-0.15, -0.1) is 0 Å². The summed E-state index contributed by atoms with van der Waals surface area (Å²) < 4.78 is 10.7. The Kier molecular flexibility index (Phi) is 7.36. The molecule has 0 aliphatic carbocycles. The van der Waals surface area contributed by atoms with Crippen LogP contribution in [0, 0.1) is 5.92 Å². The van der Waals surface area contributed by atoms with Gasteiger partial charge in [0.05, 0.1) is 6.61 Å². The van der Waals surface area contributed by atoms with E-state index >= 15 is 0 Å². The number of hydrogen-bond donors (Lipinski definition) is 0. The summed E-state index contributed by atoms with van der Waals surface area (Å²) in [6.45, 7) is 5.71. The molecule has 0 N–H and O–H groups in total. The molecule has 102 valence electrons. The minimum absolute atomic E-state index is 0.560. The molecule has 0 bridgehead atoms. The maximum Gasteiger partial charge on any atom is 0.122 e. The van der Waals surface area contributed by atoms with E-state index in [-0.39, 0.29) is 0 Å². The maximum atomic E-state index is 5.73. The number of hydrogen-bond acceptors (Lipinski definition) is 2. The zero-order chi connectivity index (χ0) is 13.4. The van der Waals surface area contributed by atoms with Crippen molar-refractivity contribution in [2.24, 2.45) is 5.92 Å². The van der Waals surface area contributed by atoms with Gasteiger partial charge in [0.1, 0.15) is 12.4 Å². The molecule has 0 fully saturated rings. The van der Waals surface area contributed by atoms with Gasteiger partial charge in [0.15, 0.2) is 0 Å². The number of benzene rings is 1. The van der Waals surface area contributed by atoms with Crippen LogP contribution < -0.4 is 4.74 Å². The first-order valence-corrected chi connectivity index (χ1v) is 7.40. The zero-order valence-electron chi connectivity index (χ0n) is 11.5. The van der Waals surface area contributed by atoms with Crippen LogP contribution in [0.4, 0.5) is 0 Å². The van der Waals surface area contributed by atoms with Crippen molar-refractivity contribution < 1.29 is 9.47 Å². The number of aryl methyl sites for hydroxylation is 1. The molecule has 0 heterocycles. The average Bonchev–Trinajstić information content (AvgIpc) is 2.37. The maximum absolute atomic E-state index is 5.73. The van der Waals surface area contributed by atoms with E-state index in [2.05, 4.69) is 41.9 Å². The summed E-state index contributed by atoms with van der Waals surface area (Å²) in [6.07, 6.45) is 2.17. The van der Waals surface area contributed by atoms with E-state index in [0.29, 0.717) is 24.0 Å². The lowest BCUT2D eigenvalue weighted by molar-refractivity contribution is 0.145. The molecule has 0 spiro atoms. The van der Waals surface area contributed by atoms with Crippen LogP contribution in [0.3, 0.4) is 0 Å². The Morgan fingerprint density at radius 3 is 2.56 bits per heavy atom. The molecule has 0 saturated heterocycles. The van der Waals surface area contributed by atoms with Crippen LogP contribution in [0.2, 0.25) is 0 Å². The number of para-hydroxylation sites is 1. The summed E-state index contributed by atoms with van der Waals surface area (Å²) in [6, 6.07) is 8.25. The molecule has 0 aliphatic rings. The van der Waals surface area contributed by atoms with Gasteiger partial charge in [-0.2, -0.15) is 0 Å². The molecule has 1 rings (SSSR count). The predicted octanol–water partition coefficient (Wildman–Crippen LogP) is 4.06. The molecule has 0 aliphatic heterocycles. The van der Waals surface area contributed by atoms with Gasteiger partial charge in [0, 0.05) is 11.9 Å². The molecule has 0 radical (unpaired) electrons. The van der Waals surface area contributed by atoms with E-state index in [1.807, 2.05) is 12.1 Å². The van der Waals surface area contributed by atoms with E-state index in [9.17, 15) is 0 Å². The summed E-state index contributed by atoms with van der Waals surface area (Å²) in [4.78, 5) is 0.560. The van der Waals surface area contributed by atoms with E-state index in [1.165, 1.54) is 5.56 Å². The second kappa shape index (κ2) is 8.54. The van der Waals surface area contributed by atoms with Crippen molar-refractivity contribution in [2.75, 3.05) is 20.3 Å². The van der Waals surface area contributed by atoms with Gasteiger partial charge in [-0.05, 0) is 30.4 Å². The monoisotopic (exact) mass is 314 g/mol. The van der Waals surface area contributed by atoms with Crippen LogP contribution in [-0.4, -0.2) is 25.2 Å². The molecule has 0 saturated carbocycles. The lowest BCUT2D eigenvalue weighted by Gasteiger charge is -2.15. The van der Waals surface area contributed by atoms with Crippen molar-refractivity contribution in [3.63, 3.8) is 0 Å². The molecule has 3 heteroatoms. The Labute approximate surface area is 119 Å². The highest BCUT2D eigenvalue weighted by atomic mass is 79.9. The van der Waals surface area contributed by atoms with Crippen molar-refractivity contribution in [3.05, 3.63) is 29.8 Å². The summed E-state index contributed by atoms with van der Waals surface area (Å²) in [5.74, 6) is 1.64. The van der Waals surface area contributed by atoms with Crippen molar-refractivity contribution in [3.8, 4) is 5.75 Å². The first-order chi connectivity index (χ1) is 8.65. The largest absolute Gasteiger partial charge is 0.491 e. The first-order valence-electron chi connectivity index (χ1n) is 6.49. The first kappa shape index (κ1) is 15.5. The highest BCUT2D eigenvalue weighted by Gasteiger charge is 2.10. The molecule has 0 amide bonds.